The molecule has 0 atom stereocenters. The zero-order valence-electron chi connectivity index (χ0n) is 11.0. The maximum Gasteiger partial charge on any atom is 0.274 e. The first-order chi connectivity index (χ1) is 8.99. The summed E-state index contributed by atoms with van der Waals surface area (Å²) < 4.78 is 0. The average molecular weight is 301 g/mol. The van der Waals surface area contributed by atoms with Crippen LogP contribution in [0.1, 0.15) is 15.9 Å². The quantitative estimate of drug-likeness (QED) is 0.610. The summed E-state index contributed by atoms with van der Waals surface area (Å²) >= 11 is 0. The second-order valence-electron chi connectivity index (χ2n) is 4.69. The molecule has 1 heterocycles. The Morgan fingerprint density at radius 1 is 1.55 bits per heavy atom. The Morgan fingerprint density at radius 2 is 2.20 bits per heavy atom. The molecule has 3 N–H and O–H groups in total. The Balaban J connectivity index is 0.00000200. The zero-order chi connectivity index (χ0) is 14.0. The van der Waals surface area contributed by atoms with Crippen LogP contribution >= 0.6 is 12.4 Å². The summed E-state index contributed by atoms with van der Waals surface area (Å²) in [5.41, 5.74) is 5.82. The van der Waals surface area contributed by atoms with Gasteiger partial charge >= 0.3 is 0 Å². The van der Waals surface area contributed by atoms with Crippen molar-refractivity contribution < 1.29 is 9.72 Å². The molecule has 8 heteroatoms. The molecule has 1 amide bonds. The molecule has 1 fully saturated rings. The van der Waals surface area contributed by atoms with Gasteiger partial charge in [0.1, 0.15) is 0 Å². The number of amides is 1. The second-order valence-corrected chi connectivity index (χ2v) is 4.69. The fourth-order valence-corrected chi connectivity index (χ4v) is 2.00. The summed E-state index contributed by atoms with van der Waals surface area (Å²) in [6.45, 7) is 2.26. The van der Waals surface area contributed by atoms with Gasteiger partial charge in [-0.2, -0.15) is 0 Å². The predicted molar refractivity (Wildman–Crippen MR) is 77.0 cm³/mol. The van der Waals surface area contributed by atoms with Crippen molar-refractivity contribution in [3.8, 4) is 0 Å². The fourth-order valence-electron chi connectivity index (χ4n) is 2.00. The number of nitro groups is 1. The second kappa shape index (κ2) is 6.65. The molecule has 0 aromatic heterocycles. The van der Waals surface area contributed by atoms with Crippen molar-refractivity contribution in [1.82, 2.24) is 10.2 Å². The van der Waals surface area contributed by atoms with E-state index >= 15 is 0 Å². The minimum atomic E-state index is -0.661. The lowest BCUT2D eigenvalue weighted by Crippen LogP contribution is -2.55. The lowest BCUT2D eigenvalue weighted by atomic mass is 10.1. The van der Waals surface area contributed by atoms with E-state index in [1.54, 1.807) is 6.07 Å². The Bertz CT molecular complexity index is 519. The molecule has 1 aliphatic rings. The van der Waals surface area contributed by atoms with Gasteiger partial charge in [-0.3, -0.25) is 19.8 Å². The van der Waals surface area contributed by atoms with Gasteiger partial charge in [-0.05, 0) is 13.1 Å². The number of nitrogens with zero attached hydrogens (tertiary/aromatic N) is 2. The molecule has 1 saturated heterocycles. The normalized spacial score (nSPS) is 14.5. The number of rotatable bonds is 5. The van der Waals surface area contributed by atoms with E-state index < -0.39 is 10.8 Å². The van der Waals surface area contributed by atoms with Crippen molar-refractivity contribution in [1.29, 1.82) is 0 Å². The highest BCUT2D eigenvalue weighted by atomic mass is 35.5. The molecular weight excluding hydrogens is 284 g/mol. The van der Waals surface area contributed by atoms with Crippen LogP contribution in [0.15, 0.2) is 18.2 Å². The largest absolute Gasteiger partial charge is 0.366 e. The Labute approximate surface area is 122 Å². The van der Waals surface area contributed by atoms with Gasteiger partial charge in [0.15, 0.2) is 0 Å². The molecule has 1 aromatic rings. The Morgan fingerprint density at radius 3 is 2.65 bits per heavy atom. The highest BCUT2D eigenvalue weighted by Crippen LogP contribution is 2.22. The van der Waals surface area contributed by atoms with Gasteiger partial charge < -0.3 is 11.1 Å². The van der Waals surface area contributed by atoms with Gasteiger partial charge in [-0.15, -0.1) is 12.4 Å². The van der Waals surface area contributed by atoms with Crippen LogP contribution in [0.5, 0.6) is 0 Å². The number of halogens is 1. The third-order valence-electron chi connectivity index (χ3n) is 3.37. The van der Waals surface area contributed by atoms with Crippen molar-refractivity contribution >= 4 is 24.0 Å². The van der Waals surface area contributed by atoms with Gasteiger partial charge in [0.05, 0.1) is 4.92 Å². The van der Waals surface area contributed by atoms with Crippen LogP contribution in [0.25, 0.3) is 0 Å². The first-order valence-corrected chi connectivity index (χ1v) is 5.97. The molecule has 2 rings (SSSR count). The third-order valence-corrected chi connectivity index (χ3v) is 3.37. The van der Waals surface area contributed by atoms with E-state index in [1.165, 1.54) is 12.1 Å². The number of carbonyl (C=O) groups excluding carboxylic acids is 1. The highest BCUT2D eigenvalue weighted by molar-refractivity contribution is 5.93. The maximum absolute atomic E-state index is 11.1. The third kappa shape index (κ3) is 3.44. The smallest absolute Gasteiger partial charge is 0.274 e. The molecule has 0 saturated carbocycles. The highest BCUT2D eigenvalue weighted by Gasteiger charge is 2.24. The van der Waals surface area contributed by atoms with Crippen LogP contribution in [0.4, 0.5) is 5.69 Å². The molecule has 7 nitrogen and oxygen atoms in total. The van der Waals surface area contributed by atoms with E-state index in [1.807, 2.05) is 7.05 Å². The van der Waals surface area contributed by atoms with E-state index in [4.69, 9.17) is 5.73 Å². The summed E-state index contributed by atoms with van der Waals surface area (Å²) in [4.78, 5) is 23.7. The number of likely N-dealkylation sites (N-methyl/N-ethyl adjacent to an activating group) is 1. The summed E-state index contributed by atoms with van der Waals surface area (Å²) in [5.74, 6) is -0.661. The number of primary amides is 1. The number of nitrogens with one attached hydrogen (secondary N) is 1. The summed E-state index contributed by atoms with van der Waals surface area (Å²) in [5, 5.41) is 14.2. The number of benzene rings is 1. The standard InChI is InChI=1S/C12H16N4O3.ClH/c1-15(10-5-14-6-10)7-9-3-2-8(12(13)17)4-11(9)16(18)19;/h2-4,10,14H,5-7H2,1H3,(H2,13,17);1H. The average Bonchev–Trinajstić information content (AvgIpc) is 2.26. The number of hydrogen-bond donors (Lipinski definition) is 2. The topological polar surface area (TPSA) is 102 Å². The molecule has 1 aromatic carbocycles. The van der Waals surface area contributed by atoms with Crippen molar-refractivity contribution in [2.45, 2.75) is 12.6 Å². The molecule has 20 heavy (non-hydrogen) atoms. The van der Waals surface area contributed by atoms with Gasteiger partial charge in [0, 0.05) is 42.9 Å². The molecule has 110 valence electrons. The predicted octanol–water partition coefficient (Wildman–Crippen LogP) is 0.519. The van der Waals surface area contributed by atoms with Crippen LogP contribution in [0, 0.1) is 10.1 Å². The maximum atomic E-state index is 11.1. The molecule has 1 aliphatic heterocycles. The van der Waals surface area contributed by atoms with Crippen molar-refractivity contribution in [2.24, 2.45) is 5.73 Å². The first kappa shape index (κ1) is 16.4. The van der Waals surface area contributed by atoms with Crippen LogP contribution in [-0.4, -0.2) is 41.9 Å². The monoisotopic (exact) mass is 300 g/mol. The van der Waals surface area contributed by atoms with Crippen molar-refractivity contribution in [3.05, 3.63) is 39.4 Å². The molecule has 0 aliphatic carbocycles. The summed E-state index contributed by atoms with van der Waals surface area (Å²) in [6.07, 6.45) is 0. The number of carbonyl (C=O) groups is 1. The van der Waals surface area contributed by atoms with Gasteiger partial charge in [-0.1, -0.05) is 6.07 Å². The van der Waals surface area contributed by atoms with Crippen molar-refractivity contribution in [2.75, 3.05) is 20.1 Å². The molecule has 0 radical (unpaired) electrons. The fraction of sp³-hybridized carbons (Fsp3) is 0.417. The van der Waals surface area contributed by atoms with E-state index in [9.17, 15) is 14.9 Å². The lowest BCUT2D eigenvalue weighted by Gasteiger charge is -2.35. The molecular formula is C12H17ClN4O3. The molecule has 0 spiro atoms. The number of nitrogens with two attached hydrogens (primary N) is 1. The van der Waals surface area contributed by atoms with Crippen LogP contribution in [-0.2, 0) is 6.54 Å². The summed E-state index contributed by atoms with van der Waals surface area (Å²) in [6, 6.07) is 4.76. The van der Waals surface area contributed by atoms with Gasteiger partial charge in [0.2, 0.25) is 5.91 Å². The minimum absolute atomic E-state index is 0. The van der Waals surface area contributed by atoms with E-state index in [-0.39, 0.29) is 23.7 Å². The Kier molecular flexibility index (Phi) is 5.43. The molecule has 0 bridgehead atoms. The number of nitro benzene ring substituents is 1. The van der Waals surface area contributed by atoms with Gasteiger partial charge in [-0.25, -0.2) is 0 Å². The van der Waals surface area contributed by atoms with E-state index in [2.05, 4.69) is 10.2 Å². The van der Waals surface area contributed by atoms with Crippen LogP contribution in [0.2, 0.25) is 0 Å². The van der Waals surface area contributed by atoms with Crippen LogP contribution < -0.4 is 11.1 Å². The zero-order valence-corrected chi connectivity index (χ0v) is 11.9. The number of hydrogen-bond acceptors (Lipinski definition) is 5. The minimum Gasteiger partial charge on any atom is -0.366 e. The molecule has 0 unspecified atom stereocenters. The van der Waals surface area contributed by atoms with E-state index in [0.29, 0.717) is 18.2 Å². The summed E-state index contributed by atoms with van der Waals surface area (Å²) in [7, 11) is 1.93. The van der Waals surface area contributed by atoms with E-state index in [0.717, 1.165) is 13.1 Å². The van der Waals surface area contributed by atoms with Crippen LogP contribution in [0.3, 0.4) is 0 Å². The van der Waals surface area contributed by atoms with Gasteiger partial charge in [0.25, 0.3) is 5.69 Å². The lowest BCUT2D eigenvalue weighted by molar-refractivity contribution is -0.385. The Hall–Kier alpha value is -1.70. The first-order valence-electron chi connectivity index (χ1n) is 5.97. The SMILES string of the molecule is CN(Cc1ccc(C(N)=O)cc1[N+](=O)[O-])C1CNC1.Cl. The van der Waals surface area contributed by atoms with Crippen molar-refractivity contribution in [3.63, 3.8) is 0 Å².